The number of fused-ring (bicyclic) bond motifs is 5. The van der Waals surface area contributed by atoms with Crippen LogP contribution in [-0.4, -0.2) is 18.2 Å². The van der Waals surface area contributed by atoms with E-state index < -0.39 is 0 Å². The third kappa shape index (κ3) is 5.46. The molecular weight excluding hydrogens is 492 g/mol. The Balaban J connectivity index is 1.25. The summed E-state index contributed by atoms with van der Waals surface area (Å²) in [6, 6.07) is 10.8. The molecule has 0 N–H and O–H groups in total. The van der Waals surface area contributed by atoms with E-state index in [1.54, 1.807) is 5.57 Å². The van der Waals surface area contributed by atoms with Gasteiger partial charge in [0.1, 0.15) is 6.10 Å². The van der Waals surface area contributed by atoms with Crippen molar-refractivity contribution in [3.8, 4) is 0 Å². The lowest BCUT2D eigenvalue weighted by Crippen LogP contribution is -2.54. The zero-order valence-electron chi connectivity index (χ0n) is 25.7. The van der Waals surface area contributed by atoms with Gasteiger partial charge in [-0.15, -0.1) is 0 Å². The minimum atomic E-state index is 0.0165. The number of carbonyl (C=O) groups excluding carboxylic acids is 1. The van der Waals surface area contributed by atoms with E-state index in [2.05, 4.69) is 64.1 Å². The topological polar surface area (TPSA) is 35.5 Å². The molecule has 4 fully saturated rings. The quantitative estimate of drug-likeness (QED) is 0.264. The molecule has 7 unspecified atom stereocenters. The van der Waals surface area contributed by atoms with Crippen LogP contribution in [0.25, 0.3) is 0 Å². The summed E-state index contributed by atoms with van der Waals surface area (Å²) in [6.45, 7) is 10.2. The molecule has 1 heterocycles. The van der Waals surface area contributed by atoms with Gasteiger partial charge in [-0.1, -0.05) is 102 Å². The summed E-state index contributed by atoms with van der Waals surface area (Å²) < 4.78 is 13.1. The number of carbonyl (C=O) groups is 1. The van der Waals surface area contributed by atoms with Gasteiger partial charge in [-0.3, -0.25) is 4.79 Å². The maximum atomic E-state index is 12.6. The van der Waals surface area contributed by atoms with E-state index in [0.717, 1.165) is 30.8 Å². The molecule has 1 aliphatic heterocycles. The molecular formula is C37H54O3. The molecule has 40 heavy (non-hydrogen) atoms. The Hall–Kier alpha value is -1.61. The third-order valence-electron chi connectivity index (χ3n) is 12.6. The van der Waals surface area contributed by atoms with Gasteiger partial charge in [0.05, 0.1) is 12.7 Å². The van der Waals surface area contributed by atoms with Crippen LogP contribution in [0.2, 0.25) is 0 Å². The second-order valence-electron chi connectivity index (χ2n) is 14.9. The number of hydrogen-bond donors (Lipinski definition) is 0. The second-order valence-corrected chi connectivity index (χ2v) is 14.9. The monoisotopic (exact) mass is 546 g/mol. The van der Waals surface area contributed by atoms with Gasteiger partial charge < -0.3 is 9.47 Å². The second kappa shape index (κ2) is 11.9. The maximum Gasteiger partial charge on any atom is 0.306 e. The molecule has 1 aromatic rings. The number of esters is 1. The van der Waals surface area contributed by atoms with Gasteiger partial charge in [0.25, 0.3) is 0 Å². The largest absolute Gasteiger partial charge is 0.462 e. The molecule has 3 nitrogen and oxygen atoms in total. The van der Waals surface area contributed by atoms with Crippen LogP contribution >= 0.6 is 0 Å². The highest BCUT2D eigenvalue weighted by Crippen LogP contribution is 2.64. The Labute approximate surface area is 243 Å². The van der Waals surface area contributed by atoms with Crippen LogP contribution in [-0.2, 0) is 20.9 Å². The summed E-state index contributed by atoms with van der Waals surface area (Å²) in [5, 5.41) is 0. The number of hydrogen-bond acceptors (Lipinski definition) is 3. The minimum absolute atomic E-state index is 0.0165. The standard InChI is InChI=1S/C37H54O3/c1-24(2)28-21-33(40-35(38)22-28)25(3)31-16-17-32-36-30(18-19-37(31,32)4)29-15-11-6-5-10-14-27(29)20-34(36)39-23-26-12-8-7-9-13-26/h7-9,12-13,16,24-25,27-30,32-34,36H,5-6,10-11,14-15,17-23H2,1-4H3/t25?,27?,28?,29-,30?,32?,33?,34+,36?,37-/m1/s1. The molecule has 0 bridgehead atoms. The van der Waals surface area contributed by atoms with Crippen molar-refractivity contribution in [3.63, 3.8) is 0 Å². The van der Waals surface area contributed by atoms with E-state index in [1.165, 1.54) is 69.8 Å². The molecule has 220 valence electrons. The van der Waals surface area contributed by atoms with Crippen molar-refractivity contribution in [1.82, 2.24) is 0 Å². The molecule has 6 rings (SSSR count). The van der Waals surface area contributed by atoms with Crippen molar-refractivity contribution in [1.29, 1.82) is 0 Å². The van der Waals surface area contributed by atoms with Crippen LogP contribution < -0.4 is 0 Å². The summed E-state index contributed by atoms with van der Waals surface area (Å²) in [7, 11) is 0. The highest BCUT2D eigenvalue weighted by atomic mass is 16.5. The van der Waals surface area contributed by atoms with Crippen molar-refractivity contribution in [2.24, 2.45) is 52.8 Å². The van der Waals surface area contributed by atoms with Crippen LogP contribution in [0.5, 0.6) is 0 Å². The van der Waals surface area contributed by atoms with Gasteiger partial charge in [-0.25, -0.2) is 0 Å². The Morgan fingerprint density at radius 3 is 2.52 bits per heavy atom. The lowest BCUT2D eigenvalue weighted by Gasteiger charge is -2.58. The number of allylic oxidation sites excluding steroid dienone is 1. The zero-order valence-corrected chi connectivity index (χ0v) is 25.7. The fourth-order valence-corrected chi connectivity index (χ4v) is 10.3. The fraction of sp³-hybridized carbons (Fsp3) is 0.757. The van der Waals surface area contributed by atoms with Gasteiger partial charge in [-0.05, 0) is 90.9 Å². The zero-order chi connectivity index (χ0) is 27.9. The minimum Gasteiger partial charge on any atom is -0.462 e. The van der Waals surface area contributed by atoms with Crippen LogP contribution in [0.15, 0.2) is 42.0 Å². The van der Waals surface area contributed by atoms with E-state index in [9.17, 15) is 4.79 Å². The van der Waals surface area contributed by atoms with Crippen LogP contribution in [0, 0.1) is 52.8 Å². The van der Waals surface area contributed by atoms with Crippen molar-refractivity contribution >= 4 is 5.97 Å². The molecule has 3 heteroatoms. The van der Waals surface area contributed by atoms with E-state index in [0.29, 0.717) is 42.1 Å². The van der Waals surface area contributed by atoms with E-state index in [-0.39, 0.29) is 17.5 Å². The first-order chi connectivity index (χ1) is 19.3. The van der Waals surface area contributed by atoms with Gasteiger partial charge >= 0.3 is 5.97 Å². The molecule has 1 aromatic carbocycles. The number of ether oxygens (including phenoxy) is 2. The molecule has 3 saturated carbocycles. The lowest BCUT2D eigenvalue weighted by molar-refractivity contribution is -0.161. The predicted octanol–water partition coefficient (Wildman–Crippen LogP) is 9.15. The number of rotatable bonds is 6. The smallest absolute Gasteiger partial charge is 0.306 e. The first-order valence-corrected chi connectivity index (χ1v) is 16.9. The van der Waals surface area contributed by atoms with Crippen LogP contribution in [0.3, 0.4) is 0 Å². The van der Waals surface area contributed by atoms with Gasteiger partial charge in [-0.2, -0.15) is 0 Å². The average Bonchev–Trinajstić information content (AvgIpc) is 3.29. The SMILES string of the molecule is CC(C)C1CC(=O)OC(C(C)C2=CCC3C4C(CC[C@]23C)[C@@H]2CCCCCCC2C[C@@H]4OCc2ccccc2)C1. The third-order valence-corrected chi connectivity index (χ3v) is 12.6. The van der Waals surface area contributed by atoms with E-state index >= 15 is 0 Å². The van der Waals surface area contributed by atoms with Gasteiger partial charge in [0, 0.05) is 12.3 Å². The Kier molecular flexibility index (Phi) is 8.51. The highest BCUT2D eigenvalue weighted by Gasteiger charge is 2.58. The number of cyclic esters (lactones) is 1. The molecule has 1 saturated heterocycles. The fourth-order valence-electron chi connectivity index (χ4n) is 10.3. The van der Waals surface area contributed by atoms with Crippen molar-refractivity contribution in [3.05, 3.63) is 47.5 Å². The Morgan fingerprint density at radius 1 is 0.975 bits per heavy atom. The maximum absolute atomic E-state index is 12.6. The average molecular weight is 547 g/mol. The van der Waals surface area contributed by atoms with Crippen molar-refractivity contribution in [2.45, 2.75) is 124 Å². The Bertz CT molecular complexity index is 1040. The van der Waals surface area contributed by atoms with Crippen molar-refractivity contribution in [2.75, 3.05) is 0 Å². The Morgan fingerprint density at radius 2 is 1.75 bits per heavy atom. The molecule has 0 aromatic heterocycles. The molecule has 4 aliphatic carbocycles. The summed E-state index contributed by atoms with van der Waals surface area (Å²) >= 11 is 0. The molecule has 0 amide bonds. The molecule has 0 radical (unpaired) electrons. The highest BCUT2D eigenvalue weighted by molar-refractivity contribution is 5.70. The predicted molar refractivity (Wildman–Crippen MR) is 161 cm³/mol. The normalized spacial score (nSPS) is 40.6. The van der Waals surface area contributed by atoms with Gasteiger partial charge in [0.15, 0.2) is 0 Å². The van der Waals surface area contributed by atoms with Crippen molar-refractivity contribution < 1.29 is 14.3 Å². The molecule has 0 spiro atoms. The summed E-state index contributed by atoms with van der Waals surface area (Å²) in [4.78, 5) is 12.6. The number of benzene rings is 1. The van der Waals surface area contributed by atoms with E-state index in [4.69, 9.17) is 9.47 Å². The van der Waals surface area contributed by atoms with E-state index in [1.807, 2.05) is 0 Å². The van der Waals surface area contributed by atoms with Gasteiger partial charge in [0.2, 0.25) is 0 Å². The summed E-state index contributed by atoms with van der Waals surface area (Å²) in [6.07, 6.45) is 18.2. The van der Waals surface area contributed by atoms with Crippen LogP contribution in [0.4, 0.5) is 0 Å². The first-order valence-electron chi connectivity index (χ1n) is 16.9. The molecule has 10 atom stereocenters. The first kappa shape index (κ1) is 28.5. The summed E-state index contributed by atoms with van der Waals surface area (Å²) in [5.41, 5.74) is 3.09. The summed E-state index contributed by atoms with van der Waals surface area (Å²) in [5.74, 6) is 5.11. The lowest BCUT2D eigenvalue weighted by atomic mass is 9.49. The van der Waals surface area contributed by atoms with Crippen LogP contribution in [0.1, 0.15) is 110 Å². The molecule has 5 aliphatic rings.